The normalized spacial score (nSPS) is 18.7. The standard InChI is InChI=1S/C13H20N2O4/c1-13(2,3)19-12(17)15-7-9-5-14(11(16)18-4)6-10(9)8-15/h5-8H2,1-4H3. The smallest absolute Gasteiger partial charge is 0.410 e. The lowest BCUT2D eigenvalue weighted by molar-refractivity contribution is 0.0294. The van der Waals surface area contributed by atoms with Gasteiger partial charge in [0.25, 0.3) is 0 Å². The topological polar surface area (TPSA) is 59.1 Å². The van der Waals surface area contributed by atoms with Crippen LogP contribution < -0.4 is 0 Å². The largest absolute Gasteiger partial charge is 0.453 e. The Morgan fingerprint density at radius 1 is 0.947 bits per heavy atom. The number of carbonyl (C=O) groups is 2. The molecule has 106 valence electrons. The van der Waals surface area contributed by atoms with E-state index < -0.39 is 5.60 Å². The van der Waals surface area contributed by atoms with Gasteiger partial charge in [0.05, 0.1) is 7.11 Å². The maximum Gasteiger partial charge on any atom is 0.410 e. The Kier molecular flexibility index (Phi) is 3.43. The van der Waals surface area contributed by atoms with Gasteiger partial charge in [0.2, 0.25) is 0 Å². The first kappa shape index (κ1) is 13.7. The molecule has 2 amide bonds. The second-order valence-corrected chi connectivity index (χ2v) is 5.87. The van der Waals surface area contributed by atoms with E-state index in [-0.39, 0.29) is 12.2 Å². The Bertz CT molecular complexity index is 418. The van der Waals surface area contributed by atoms with Crippen LogP contribution in [0.25, 0.3) is 0 Å². The number of hydrogen-bond acceptors (Lipinski definition) is 4. The maximum absolute atomic E-state index is 11.9. The fourth-order valence-corrected chi connectivity index (χ4v) is 2.29. The fraction of sp³-hybridized carbons (Fsp3) is 0.692. The van der Waals surface area contributed by atoms with Crippen molar-refractivity contribution in [2.75, 3.05) is 33.3 Å². The molecule has 0 aliphatic carbocycles. The van der Waals surface area contributed by atoms with Gasteiger partial charge in [0.1, 0.15) is 5.60 Å². The summed E-state index contributed by atoms with van der Waals surface area (Å²) in [5.74, 6) is 0. The first-order valence-electron chi connectivity index (χ1n) is 6.31. The highest BCUT2D eigenvalue weighted by Crippen LogP contribution is 2.27. The summed E-state index contributed by atoms with van der Waals surface area (Å²) in [5, 5.41) is 0. The van der Waals surface area contributed by atoms with Crippen LogP contribution in [0, 0.1) is 0 Å². The number of methoxy groups -OCH3 is 1. The van der Waals surface area contributed by atoms with Gasteiger partial charge in [-0.3, -0.25) is 0 Å². The number of nitrogens with zero attached hydrogens (tertiary/aromatic N) is 2. The summed E-state index contributed by atoms with van der Waals surface area (Å²) in [4.78, 5) is 26.7. The van der Waals surface area contributed by atoms with Crippen LogP contribution >= 0.6 is 0 Å². The first-order chi connectivity index (χ1) is 8.80. The third-order valence-electron chi connectivity index (χ3n) is 3.11. The number of amides is 2. The van der Waals surface area contributed by atoms with E-state index in [1.807, 2.05) is 20.8 Å². The summed E-state index contributed by atoms with van der Waals surface area (Å²) in [5.41, 5.74) is 1.76. The van der Waals surface area contributed by atoms with Gasteiger partial charge in [-0.2, -0.15) is 0 Å². The van der Waals surface area contributed by atoms with Gasteiger partial charge in [-0.05, 0) is 31.9 Å². The Balaban J connectivity index is 1.89. The highest BCUT2D eigenvalue weighted by Gasteiger charge is 2.35. The zero-order valence-corrected chi connectivity index (χ0v) is 11.9. The van der Waals surface area contributed by atoms with Crippen molar-refractivity contribution in [2.24, 2.45) is 0 Å². The monoisotopic (exact) mass is 268 g/mol. The zero-order valence-electron chi connectivity index (χ0n) is 11.9. The summed E-state index contributed by atoms with van der Waals surface area (Å²) >= 11 is 0. The Hall–Kier alpha value is -1.72. The van der Waals surface area contributed by atoms with Crippen LogP contribution in [0.2, 0.25) is 0 Å². The summed E-state index contributed by atoms with van der Waals surface area (Å²) < 4.78 is 10.0. The van der Waals surface area contributed by atoms with E-state index in [9.17, 15) is 9.59 Å². The Labute approximate surface area is 112 Å². The highest BCUT2D eigenvalue weighted by molar-refractivity contribution is 5.72. The first-order valence-corrected chi connectivity index (χ1v) is 6.31. The second kappa shape index (κ2) is 4.75. The summed E-state index contributed by atoms with van der Waals surface area (Å²) in [6.07, 6.45) is -0.621. The Morgan fingerprint density at radius 2 is 1.37 bits per heavy atom. The van der Waals surface area contributed by atoms with Gasteiger partial charge in [-0.15, -0.1) is 0 Å². The molecule has 0 unspecified atom stereocenters. The molecule has 0 saturated carbocycles. The minimum absolute atomic E-state index is 0.300. The van der Waals surface area contributed by atoms with Gasteiger partial charge in [-0.25, -0.2) is 9.59 Å². The lowest BCUT2D eigenvalue weighted by Crippen LogP contribution is -2.39. The predicted molar refractivity (Wildman–Crippen MR) is 68.8 cm³/mol. The van der Waals surface area contributed by atoms with Crippen LogP contribution in [0.5, 0.6) is 0 Å². The molecule has 2 aliphatic rings. The molecule has 19 heavy (non-hydrogen) atoms. The van der Waals surface area contributed by atoms with E-state index in [2.05, 4.69) is 0 Å². The van der Waals surface area contributed by atoms with Gasteiger partial charge >= 0.3 is 12.2 Å². The van der Waals surface area contributed by atoms with Crippen LogP contribution in [0.15, 0.2) is 11.1 Å². The van der Waals surface area contributed by atoms with Crippen LogP contribution in [-0.4, -0.2) is 60.9 Å². The summed E-state index contributed by atoms with van der Waals surface area (Å²) in [6, 6.07) is 0. The predicted octanol–water partition coefficient (Wildman–Crippen LogP) is 1.62. The van der Waals surface area contributed by atoms with Crippen molar-refractivity contribution >= 4 is 12.2 Å². The van der Waals surface area contributed by atoms with Crippen LogP contribution in [0.1, 0.15) is 20.8 Å². The average Bonchev–Trinajstić information content (AvgIpc) is 2.82. The van der Waals surface area contributed by atoms with Crippen LogP contribution in [0.4, 0.5) is 9.59 Å². The molecule has 0 fully saturated rings. The van der Waals surface area contributed by atoms with Crippen molar-refractivity contribution in [2.45, 2.75) is 26.4 Å². The number of carbonyl (C=O) groups excluding carboxylic acids is 2. The molecule has 0 aromatic heterocycles. The van der Waals surface area contributed by atoms with Gasteiger partial charge in [-0.1, -0.05) is 0 Å². The third-order valence-corrected chi connectivity index (χ3v) is 3.11. The van der Waals surface area contributed by atoms with Gasteiger partial charge in [0, 0.05) is 26.2 Å². The minimum atomic E-state index is -0.484. The molecule has 2 rings (SSSR count). The van der Waals surface area contributed by atoms with Gasteiger partial charge in [0.15, 0.2) is 0 Å². The molecule has 0 bridgehead atoms. The molecule has 0 atom stereocenters. The van der Waals surface area contributed by atoms with Gasteiger partial charge < -0.3 is 19.3 Å². The lowest BCUT2D eigenvalue weighted by atomic mass is 10.2. The fourth-order valence-electron chi connectivity index (χ4n) is 2.29. The second-order valence-electron chi connectivity index (χ2n) is 5.87. The van der Waals surface area contributed by atoms with E-state index in [0.29, 0.717) is 26.2 Å². The number of hydrogen-bond donors (Lipinski definition) is 0. The molecule has 0 aromatic rings. The van der Waals surface area contributed by atoms with Crippen molar-refractivity contribution in [1.82, 2.24) is 9.80 Å². The maximum atomic E-state index is 11.9. The van der Waals surface area contributed by atoms with Crippen molar-refractivity contribution < 1.29 is 19.1 Å². The molecule has 6 nitrogen and oxygen atoms in total. The zero-order chi connectivity index (χ0) is 14.2. The summed E-state index contributed by atoms with van der Waals surface area (Å²) in [6.45, 7) is 7.71. The molecular formula is C13H20N2O4. The van der Waals surface area contributed by atoms with E-state index in [0.717, 1.165) is 11.1 Å². The SMILES string of the molecule is COC(=O)N1CC2=C(C1)CN(C(=O)OC(C)(C)C)C2. The molecule has 0 radical (unpaired) electrons. The van der Waals surface area contributed by atoms with Crippen molar-refractivity contribution in [1.29, 1.82) is 0 Å². The van der Waals surface area contributed by atoms with E-state index in [1.54, 1.807) is 9.80 Å². The highest BCUT2D eigenvalue weighted by atomic mass is 16.6. The summed E-state index contributed by atoms with van der Waals surface area (Å²) in [7, 11) is 1.37. The van der Waals surface area contributed by atoms with E-state index in [4.69, 9.17) is 9.47 Å². The van der Waals surface area contributed by atoms with Crippen molar-refractivity contribution in [3.05, 3.63) is 11.1 Å². The molecule has 2 heterocycles. The number of rotatable bonds is 0. The molecule has 6 heteroatoms. The van der Waals surface area contributed by atoms with Crippen molar-refractivity contribution in [3.63, 3.8) is 0 Å². The molecule has 2 aliphatic heterocycles. The molecule has 0 N–H and O–H groups in total. The molecular weight excluding hydrogens is 248 g/mol. The number of ether oxygens (including phenoxy) is 2. The van der Waals surface area contributed by atoms with E-state index >= 15 is 0 Å². The quantitative estimate of drug-likeness (QED) is 0.626. The van der Waals surface area contributed by atoms with E-state index in [1.165, 1.54) is 7.11 Å². The minimum Gasteiger partial charge on any atom is -0.453 e. The van der Waals surface area contributed by atoms with Crippen LogP contribution in [-0.2, 0) is 9.47 Å². The Morgan fingerprint density at radius 3 is 1.74 bits per heavy atom. The van der Waals surface area contributed by atoms with Crippen LogP contribution in [0.3, 0.4) is 0 Å². The molecule has 0 spiro atoms. The third kappa shape index (κ3) is 3.00. The average molecular weight is 268 g/mol. The lowest BCUT2D eigenvalue weighted by Gasteiger charge is -2.26. The van der Waals surface area contributed by atoms with Crippen molar-refractivity contribution in [3.8, 4) is 0 Å². The molecule has 0 aromatic carbocycles. The molecule has 0 saturated heterocycles.